The highest BCUT2D eigenvalue weighted by Gasteiger charge is 2.29. The van der Waals surface area contributed by atoms with Gasteiger partial charge < -0.3 is 25.8 Å². The molecule has 9 heteroatoms. The summed E-state index contributed by atoms with van der Waals surface area (Å²) in [6.07, 6.45) is 2.68. The molecule has 0 aromatic rings. The van der Waals surface area contributed by atoms with E-state index in [1.54, 1.807) is 0 Å². The number of carbonyl (C=O) groups excluding carboxylic acids is 4. The van der Waals surface area contributed by atoms with E-state index in [1.165, 1.54) is 0 Å². The topological polar surface area (TPSA) is 137 Å². The van der Waals surface area contributed by atoms with Crippen molar-refractivity contribution in [3.05, 3.63) is 0 Å². The monoisotopic (exact) mass is 341 g/mol. The third-order valence-electron chi connectivity index (χ3n) is 4.07. The Hall–Kier alpha value is -1.84. The van der Waals surface area contributed by atoms with Gasteiger partial charge in [0.05, 0.1) is 0 Å². The Labute approximate surface area is 139 Å². The van der Waals surface area contributed by atoms with Gasteiger partial charge in [-0.25, -0.2) is 14.4 Å². The summed E-state index contributed by atoms with van der Waals surface area (Å²) < 4.78 is 9.40. The van der Waals surface area contributed by atoms with E-state index >= 15 is 0 Å². The number of hydrogen-bond acceptors (Lipinski definition) is 9. The Morgan fingerprint density at radius 3 is 2.00 bits per heavy atom. The first kappa shape index (κ1) is 18.5. The summed E-state index contributed by atoms with van der Waals surface area (Å²) in [6, 6.07) is -2.06. The molecule has 2 saturated heterocycles. The van der Waals surface area contributed by atoms with Crippen molar-refractivity contribution in [3.63, 3.8) is 0 Å². The molecule has 0 aliphatic carbocycles. The molecule has 134 valence electrons. The summed E-state index contributed by atoms with van der Waals surface area (Å²) in [6.45, 7) is 1.42. The van der Waals surface area contributed by atoms with Gasteiger partial charge in [0.1, 0.15) is 18.1 Å². The zero-order chi connectivity index (χ0) is 17.5. The number of ether oxygens (including phenoxy) is 2. The molecule has 2 fully saturated rings. The second kappa shape index (κ2) is 8.86. The van der Waals surface area contributed by atoms with Crippen LogP contribution in [0.5, 0.6) is 0 Å². The third kappa shape index (κ3) is 5.36. The van der Waals surface area contributed by atoms with Gasteiger partial charge in [-0.15, -0.1) is 0 Å². The normalized spacial score (nSPS) is 24.4. The number of nitrogens with two attached hydrogens (primary N) is 1. The highest BCUT2D eigenvalue weighted by atomic mass is 16.6. The Bertz CT molecular complexity index is 497. The van der Waals surface area contributed by atoms with E-state index < -0.39 is 42.0 Å². The van der Waals surface area contributed by atoms with Crippen molar-refractivity contribution < 1.29 is 28.7 Å². The van der Waals surface area contributed by atoms with Crippen molar-refractivity contribution in [2.75, 3.05) is 13.1 Å². The maximum atomic E-state index is 11.7. The second-order valence-corrected chi connectivity index (χ2v) is 5.98. The van der Waals surface area contributed by atoms with Gasteiger partial charge in [0.2, 0.25) is 0 Å². The molecule has 0 aromatic heterocycles. The van der Waals surface area contributed by atoms with Gasteiger partial charge >= 0.3 is 23.9 Å². The molecule has 2 rings (SSSR count). The van der Waals surface area contributed by atoms with Gasteiger partial charge in [-0.1, -0.05) is 0 Å². The van der Waals surface area contributed by atoms with Gasteiger partial charge in [0, 0.05) is 6.42 Å². The van der Waals surface area contributed by atoms with Crippen molar-refractivity contribution in [3.8, 4) is 0 Å². The summed E-state index contributed by atoms with van der Waals surface area (Å²) >= 11 is 0. The van der Waals surface area contributed by atoms with Crippen LogP contribution in [0.15, 0.2) is 0 Å². The average Bonchev–Trinajstić information content (AvgIpc) is 3.24. The molecular weight excluding hydrogens is 318 g/mol. The van der Waals surface area contributed by atoms with Crippen molar-refractivity contribution in [1.82, 2.24) is 10.6 Å². The lowest BCUT2D eigenvalue weighted by molar-refractivity contribution is -0.162. The first-order valence-corrected chi connectivity index (χ1v) is 8.20. The van der Waals surface area contributed by atoms with E-state index in [4.69, 9.17) is 15.2 Å². The van der Waals surface area contributed by atoms with Crippen molar-refractivity contribution in [2.24, 2.45) is 5.73 Å². The molecule has 0 saturated carbocycles. The van der Waals surface area contributed by atoms with Crippen molar-refractivity contribution >= 4 is 23.9 Å². The van der Waals surface area contributed by atoms with E-state index in [0.29, 0.717) is 25.9 Å². The lowest BCUT2D eigenvalue weighted by Crippen LogP contribution is -2.40. The van der Waals surface area contributed by atoms with E-state index in [2.05, 4.69) is 10.6 Å². The Kier molecular flexibility index (Phi) is 6.83. The van der Waals surface area contributed by atoms with Crippen LogP contribution in [0.1, 0.15) is 38.5 Å². The summed E-state index contributed by atoms with van der Waals surface area (Å²) in [5.41, 5.74) is 5.61. The molecule has 0 bridgehead atoms. The maximum absolute atomic E-state index is 11.7. The smallest absolute Gasteiger partial charge is 0.330 e. The highest BCUT2D eigenvalue weighted by Crippen LogP contribution is 2.09. The second-order valence-electron chi connectivity index (χ2n) is 5.98. The van der Waals surface area contributed by atoms with Crippen molar-refractivity contribution in [1.29, 1.82) is 0 Å². The zero-order valence-corrected chi connectivity index (χ0v) is 13.4. The molecule has 2 aliphatic rings. The number of rotatable bonds is 6. The number of carbonyl (C=O) groups is 4. The lowest BCUT2D eigenvalue weighted by atomic mass is 10.1. The van der Waals surface area contributed by atoms with Crippen LogP contribution in [0.25, 0.3) is 0 Å². The van der Waals surface area contributed by atoms with Crippen molar-refractivity contribution in [2.45, 2.75) is 56.7 Å². The van der Waals surface area contributed by atoms with Gasteiger partial charge in [0.15, 0.2) is 0 Å². The molecule has 24 heavy (non-hydrogen) atoms. The van der Waals surface area contributed by atoms with Crippen LogP contribution >= 0.6 is 0 Å². The summed E-state index contributed by atoms with van der Waals surface area (Å²) in [4.78, 5) is 46.7. The predicted octanol–water partition coefficient (Wildman–Crippen LogP) is -1.26. The molecule has 2 heterocycles. The van der Waals surface area contributed by atoms with Crippen LogP contribution < -0.4 is 16.4 Å². The number of esters is 4. The lowest BCUT2D eigenvalue weighted by Gasteiger charge is -2.13. The van der Waals surface area contributed by atoms with Crippen LogP contribution in [0.2, 0.25) is 0 Å². The van der Waals surface area contributed by atoms with Crippen LogP contribution in [-0.2, 0) is 28.7 Å². The van der Waals surface area contributed by atoms with Crippen LogP contribution in [0.3, 0.4) is 0 Å². The molecule has 0 unspecified atom stereocenters. The van der Waals surface area contributed by atoms with E-state index in [-0.39, 0.29) is 12.8 Å². The fourth-order valence-electron chi connectivity index (χ4n) is 2.64. The van der Waals surface area contributed by atoms with Crippen LogP contribution in [0.4, 0.5) is 0 Å². The van der Waals surface area contributed by atoms with Gasteiger partial charge in [0.25, 0.3) is 0 Å². The molecule has 9 nitrogen and oxygen atoms in total. The standard InChI is InChI=1S/C15H23N3O6/c16-9(13(20)24-15(22)11-4-2-8-18-11)5-6-12(19)23-14(21)10-3-1-7-17-10/h9-11,17-18H,1-8,16H2/t9-,10-,11-/m0/s1. The fourth-order valence-corrected chi connectivity index (χ4v) is 2.64. The van der Waals surface area contributed by atoms with Gasteiger partial charge in [-0.2, -0.15) is 0 Å². The molecule has 4 N–H and O–H groups in total. The summed E-state index contributed by atoms with van der Waals surface area (Å²) in [5, 5.41) is 5.84. The molecule has 0 aromatic carbocycles. The minimum absolute atomic E-state index is 0.0611. The van der Waals surface area contributed by atoms with Crippen LogP contribution in [-0.4, -0.2) is 55.1 Å². The summed E-state index contributed by atoms with van der Waals surface area (Å²) in [7, 11) is 0. The van der Waals surface area contributed by atoms with E-state index in [9.17, 15) is 19.2 Å². The molecule has 0 amide bonds. The maximum Gasteiger partial charge on any atom is 0.330 e. The fraction of sp³-hybridized carbons (Fsp3) is 0.733. The minimum atomic E-state index is -1.12. The van der Waals surface area contributed by atoms with E-state index in [1.807, 2.05) is 0 Å². The van der Waals surface area contributed by atoms with Gasteiger partial charge in [-0.05, 0) is 45.2 Å². The highest BCUT2D eigenvalue weighted by molar-refractivity contribution is 5.91. The zero-order valence-electron chi connectivity index (χ0n) is 13.4. The molecule has 2 aliphatic heterocycles. The molecular formula is C15H23N3O6. The molecule has 0 radical (unpaired) electrons. The van der Waals surface area contributed by atoms with Gasteiger partial charge in [-0.3, -0.25) is 4.79 Å². The SMILES string of the molecule is N[C@@H](CCC(=O)OC(=O)[C@@H]1CCCN1)C(=O)OC(=O)[C@@H]1CCCN1. The number of hydrogen-bond donors (Lipinski definition) is 3. The Morgan fingerprint density at radius 1 is 0.958 bits per heavy atom. The average molecular weight is 341 g/mol. The van der Waals surface area contributed by atoms with E-state index in [0.717, 1.165) is 12.8 Å². The third-order valence-corrected chi connectivity index (χ3v) is 4.07. The number of nitrogens with one attached hydrogen (secondary N) is 2. The molecule has 3 atom stereocenters. The Balaban J connectivity index is 1.66. The largest absolute Gasteiger partial charge is 0.392 e. The first-order chi connectivity index (χ1) is 11.5. The first-order valence-electron chi connectivity index (χ1n) is 8.20. The minimum Gasteiger partial charge on any atom is -0.392 e. The quantitative estimate of drug-likeness (QED) is 0.399. The summed E-state index contributed by atoms with van der Waals surface area (Å²) in [5.74, 6) is -2.90. The predicted molar refractivity (Wildman–Crippen MR) is 81.5 cm³/mol. The Morgan fingerprint density at radius 2 is 1.50 bits per heavy atom. The van der Waals surface area contributed by atoms with Crippen LogP contribution in [0, 0.1) is 0 Å². The molecule has 0 spiro atoms.